The Morgan fingerprint density at radius 2 is 2.00 bits per heavy atom. The summed E-state index contributed by atoms with van der Waals surface area (Å²) in [6, 6.07) is 0.789. The van der Waals surface area contributed by atoms with Crippen LogP contribution in [-0.2, 0) is 4.79 Å². The van der Waals surface area contributed by atoms with Crippen molar-refractivity contribution in [3.8, 4) is 0 Å². The molecule has 2 saturated heterocycles. The minimum absolute atomic E-state index is 0.255. The first-order valence-electron chi connectivity index (χ1n) is 7.82. The standard InChI is InChI=1S/C15H29N3O/c1-17(2)15(19)6-4-10-18-11-7-13(8-12-18)14-5-3-9-16-14/h13-14,16H,3-12H2,1-2H3. The highest BCUT2D eigenvalue weighted by Gasteiger charge is 2.27. The van der Waals surface area contributed by atoms with Gasteiger partial charge in [0.25, 0.3) is 0 Å². The van der Waals surface area contributed by atoms with Crippen molar-refractivity contribution in [2.75, 3.05) is 40.3 Å². The maximum atomic E-state index is 11.5. The third-order valence-corrected chi connectivity index (χ3v) is 4.66. The first-order chi connectivity index (χ1) is 9.16. The molecule has 0 aromatic heterocycles. The van der Waals surface area contributed by atoms with Crippen LogP contribution in [0.1, 0.15) is 38.5 Å². The maximum Gasteiger partial charge on any atom is 0.222 e. The average molecular weight is 267 g/mol. The molecule has 110 valence electrons. The van der Waals surface area contributed by atoms with Gasteiger partial charge < -0.3 is 15.1 Å². The average Bonchev–Trinajstić information content (AvgIpc) is 2.93. The summed E-state index contributed by atoms with van der Waals surface area (Å²) < 4.78 is 0. The van der Waals surface area contributed by atoms with Crippen LogP contribution in [0, 0.1) is 5.92 Å². The summed E-state index contributed by atoms with van der Waals surface area (Å²) >= 11 is 0. The fourth-order valence-corrected chi connectivity index (χ4v) is 3.37. The van der Waals surface area contributed by atoms with Crippen LogP contribution in [0.15, 0.2) is 0 Å². The molecule has 4 nitrogen and oxygen atoms in total. The van der Waals surface area contributed by atoms with Crippen LogP contribution in [0.3, 0.4) is 0 Å². The van der Waals surface area contributed by atoms with Crippen molar-refractivity contribution in [1.82, 2.24) is 15.1 Å². The molecule has 4 heteroatoms. The fraction of sp³-hybridized carbons (Fsp3) is 0.933. The second kappa shape index (κ2) is 7.25. The van der Waals surface area contributed by atoms with Crippen LogP contribution >= 0.6 is 0 Å². The van der Waals surface area contributed by atoms with E-state index in [0.29, 0.717) is 6.42 Å². The Balaban J connectivity index is 1.59. The summed E-state index contributed by atoms with van der Waals surface area (Å²) in [6.07, 6.45) is 7.10. The summed E-state index contributed by atoms with van der Waals surface area (Å²) in [5.74, 6) is 1.15. The number of hydrogen-bond donors (Lipinski definition) is 1. The van der Waals surface area contributed by atoms with E-state index in [4.69, 9.17) is 0 Å². The molecular formula is C15H29N3O. The van der Waals surface area contributed by atoms with Crippen molar-refractivity contribution in [3.05, 3.63) is 0 Å². The van der Waals surface area contributed by atoms with E-state index < -0.39 is 0 Å². The minimum atomic E-state index is 0.255. The van der Waals surface area contributed by atoms with Crippen molar-refractivity contribution in [3.63, 3.8) is 0 Å². The van der Waals surface area contributed by atoms with E-state index in [0.717, 1.165) is 24.9 Å². The fourth-order valence-electron chi connectivity index (χ4n) is 3.37. The van der Waals surface area contributed by atoms with Crippen LogP contribution in [0.2, 0.25) is 0 Å². The predicted molar refractivity (Wildman–Crippen MR) is 78.1 cm³/mol. The van der Waals surface area contributed by atoms with Gasteiger partial charge in [0.05, 0.1) is 0 Å². The van der Waals surface area contributed by atoms with Crippen molar-refractivity contribution >= 4 is 5.91 Å². The Kier molecular flexibility index (Phi) is 5.64. The van der Waals surface area contributed by atoms with E-state index >= 15 is 0 Å². The number of amides is 1. The molecule has 0 aromatic rings. The first-order valence-corrected chi connectivity index (χ1v) is 7.82. The number of hydrogen-bond acceptors (Lipinski definition) is 3. The smallest absolute Gasteiger partial charge is 0.222 e. The molecule has 1 unspecified atom stereocenters. The summed E-state index contributed by atoms with van der Waals surface area (Å²) in [4.78, 5) is 15.7. The molecular weight excluding hydrogens is 238 g/mol. The zero-order chi connectivity index (χ0) is 13.7. The van der Waals surface area contributed by atoms with Gasteiger partial charge in [-0.15, -0.1) is 0 Å². The second-order valence-corrected chi connectivity index (χ2v) is 6.27. The lowest BCUT2D eigenvalue weighted by Gasteiger charge is -2.34. The highest BCUT2D eigenvalue weighted by atomic mass is 16.2. The van der Waals surface area contributed by atoms with Gasteiger partial charge in [0.1, 0.15) is 0 Å². The molecule has 1 atom stereocenters. The van der Waals surface area contributed by atoms with Gasteiger partial charge in [-0.05, 0) is 64.2 Å². The van der Waals surface area contributed by atoms with Crippen molar-refractivity contribution in [2.45, 2.75) is 44.6 Å². The molecule has 1 amide bonds. The number of likely N-dealkylation sites (tertiary alicyclic amines) is 1. The normalized spacial score (nSPS) is 25.7. The van der Waals surface area contributed by atoms with Crippen molar-refractivity contribution < 1.29 is 4.79 Å². The van der Waals surface area contributed by atoms with E-state index in [2.05, 4.69) is 10.2 Å². The molecule has 0 aromatic carbocycles. The topological polar surface area (TPSA) is 35.6 Å². The molecule has 0 bridgehead atoms. The quantitative estimate of drug-likeness (QED) is 0.816. The zero-order valence-electron chi connectivity index (χ0n) is 12.5. The largest absolute Gasteiger partial charge is 0.349 e. The third kappa shape index (κ3) is 4.46. The molecule has 2 aliphatic rings. The molecule has 0 aliphatic carbocycles. The minimum Gasteiger partial charge on any atom is -0.349 e. The molecule has 2 aliphatic heterocycles. The molecule has 2 heterocycles. The highest BCUT2D eigenvalue weighted by molar-refractivity contribution is 5.75. The van der Waals surface area contributed by atoms with Gasteiger partial charge in [0.15, 0.2) is 0 Å². The Labute approximate surface area is 117 Å². The van der Waals surface area contributed by atoms with Gasteiger partial charge in [0, 0.05) is 26.6 Å². The Morgan fingerprint density at radius 3 is 2.58 bits per heavy atom. The third-order valence-electron chi connectivity index (χ3n) is 4.66. The molecule has 2 rings (SSSR count). The van der Waals surface area contributed by atoms with E-state index in [9.17, 15) is 4.79 Å². The summed E-state index contributed by atoms with van der Waals surface area (Å²) in [5.41, 5.74) is 0. The molecule has 0 radical (unpaired) electrons. The lowest BCUT2D eigenvalue weighted by atomic mass is 9.88. The summed E-state index contributed by atoms with van der Waals surface area (Å²) in [5, 5.41) is 3.64. The van der Waals surface area contributed by atoms with E-state index in [1.165, 1.54) is 45.3 Å². The van der Waals surface area contributed by atoms with Gasteiger partial charge in [-0.2, -0.15) is 0 Å². The van der Waals surface area contributed by atoms with Crippen molar-refractivity contribution in [1.29, 1.82) is 0 Å². The Hall–Kier alpha value is -0.610. The highest BCUT2D eigenvalue weighted by Crippen LogP contribution is 2.25. The van der Waals surface area contributed by atoms with Crippen molar-refractivity contribution in [2.24, 2.45) is 5.92 Å². The lowest BCUT2D eigenvalue weighted by Crippen LogP contribution is -2.41. The lowest BCUT2D eigenvalue weighted by molar-refractivity contribution is -0.128. The van der Waals surface area contributed by atoms with Crippen LogP contribution in [0.5, 0.6) is 0 Å². The Morgan fingerprint density at radius 1 is 1.26 bits per heavy atom. The van der Waals surface area contributed by atoms with E-state index in [-0.39, 0.29) is 5.91 Å². The maximum absolute atomic E-state index is 11.5. The number of nitrogens with one attached hydrogen (secondary N) is 1. The molecule has 0 spiro atoms. The summed E-state index contributed by atoms with van der Waals surface area (Å²) in [6.45, 7) is 4.75. The van der Waals surface area contributed by atoms with Crippen LogP contribution in [0.4, 0.5) is 0 Å². The number of piperidine rings is 1. The number of nitrogens with zero attached hydrogens (tertiary/aromatic N) is 2. The molecule has 19 heavy (non-hydrogen) atoms. The van der Waals surface area contributed by atoms with E-state index in [1.54, 1.807) is 4.90 Å². The molecule has 0 saturated carbocycles. The number of carbonyl (C=O) groups is 1. The zero-order valence-corrected chi connectivity index (χ0v) is 12.5. The predicted octanol–water partition coefficient (Wildman–Crippen LogP) is 1.32. The van der Waals surface area contributed by atoms with Gasteiger partial charge in [-0.3, -0.25) is 4.79 Å². The second-order valence-electron chi connectivity index (χ2n) is 6.27. The number of carbonyl (C=O) groups excluding carboxylic acids is 1. The number of rotatable bonds is 5. The SMILES string of the molecule is CN(C)C(=O)CCCN1CCC(C2CCCN2)CC1. The van der Waals surface area contributed by atoms with Gasteiger partial charge in [0.2, 0.25) is 5.91 Å². The van der Waals surface area contributed by atoms with E-state index in [1.807, 2.05) is 14.1 Å². The monoisotopic (exact) mass is 267 g/mol. The van der Waals surface area contributed by atoms with Crippen LogP contribution in [0.25, 0.3) is 0 Å². The van der Waals surface area contributed by atoms with Crippen LogP contribution < -0.4 is 5.32 Å². The summed E-state index contributed by atoms with van der Waals surface area (Å²) in [7, 11) is 3.67. The van der Waals surface area contributed by atoms with Crippen LogP contribution in [-0.4, -0.2) is 62.0 Å². The molecule has 1 N–H and O–H groups in total. The van der Waals surface area contributed by atoms with Gasteiger partial charge in [-0.25, -0.2) is 0 Å². The van der Waals surface area contributed by atoms with Gasteiger partial charge >= 0.3 is 0 Å². The first kappa shape index (κ1) is 14.8. The van der Waals surface area contributed by atoms with Gasteiger partial charge in [-0.1, -0.05) is 0 Å². The molecule has 2 fully saturated rings. The Bertz CT molecular complexity index is 279.